The van der Waals surface area contributed by atoms with E-state index in [1.165, 1.54) is 11.8 Å². The number of hydrogen-bond donors (Lipinski definition) is 3. The third-order valence-corrected chi connectivity index (χ3v) is 4.87. The number of fused-ring (bicyclic) bond motifs is 1. The number of carboxylic acids is 2. The van der Waals surface area contributed by atoms with E-state index in [0.717, 1.165) is 25.7 Å². The van der Waals surface area contributed by atoms with E-state index in [0.29, 0.717) is 6.42 Å². The Morgan fingerprint density at radius 1 is 1.09 bits per heavy atom. The van der Waals surface area contributed by atoms with Crippen molar-refractivity contribution in [3.05, 3.63) is 0 Å². The average Bonchev–Trinajstić information content (AvgIpc) is 2.85. The van der Waals surface area contributed by atoms with Gasteiger partial charge in [0.15, 0.2) is 0 Å². The van der Waals surface area contributed by atoms with Crippen LogP contribution >= 0.6 is 0 Å². The van der Waals surface area contributed by atoms with Gasteiger partial charge in [0.2, 0.25) is 5.91 Å². The smallest absolute Gasteiger partial charge is 0.326 e. The molecule has 1 amide bonds. The van der Waals surface area contributed by atoms with Crippen molar-refractivity contribution in [3.63, 3.8) is 0 Å². The summed E-state index contributed by atoms with van der Waals surface area (Å²) in [6.45, 7) is 3.06. The first kappa shape index (κ1) is 16.7. The Morgan fingerprint density at radius 2 is 1.73 bits per heavy atom. The lowest BCUT2D eigenvalue weighted by atomic mass is 9.84. The molecule has 124 valence electrons. The minimum atomic E-state index is -1.04. The fourth-order valence-corrected chi connectivity index (χ4v) is 3.74. The predicted molar refractivity (Wildman–Crippen MR) is 78.3 cm³/mol. The quantitative estimate of drug-likeness (QED) is 0.689. The van der Waals surface area contributed by atoms with Crippen LogP contribution in [0.15, 0.2) is 0 Å². The summed E-state index contributed by atoms with van der Waals surface area (Å²) < 4.78 is 0. The zero-order chi connectivity index (χ0) is 16.4. The molecular weight excluding hydrogens is 288 g/mol. The number of nitrogens with one attached hydrogen (secondary N) is 1. The summed E-state index contributed by atoms with van der Waals surface area (Å²) >= 11 is 0. The molecule has 1 aliphatic carbocycles. The van der Waals surface area contributed by atoms with Crippen LogP contribution in [0.25, 0.3) is 0 Å². The van der Waals surface area contributed by atoms with Gasteiger partial charge < -0.3 is 15.1 Å². The first-order valence-corrected chi connectivity index (χ1v) is 7.86. The standard InChI is InChI=1S/C15H24N2O5/c1-8(16-9(2)14(19)20)13(18)17-11-6-4-3-5-10(11)7-12(17)15(21)22/h8-12,16H,3-7H2,1-2H3,(H,19,20)(H,21,22)/t8?,9-,10?,11?,12?/m0/s1. The Morgan fingerprint density at radius 3 is 2.32 bits per heavy atom. The minimum absolute atomic E-state index is 0.0215. The molecule has 1 aliphatic heterocycles. The molecule has 1 saturated carbocycles. The van der Waals surface area contributed by atoms with E-state index in [1.54, 1.807) is 6.92 Å². The second-order valence-electron chi connectivity index (χ2n) is 6.40. The van der Waals surface area contributed by atoms with Gasteiger partial charge in [0.25, 0.3) is 0 Å². The van der Waals surface area contributed by atoms with Crippen molar-refractivity contribution in [3.8, 4) is 0 Å². The van der Waals surface area contributed by atoms with Crippen LogP contribution in [0.2, 0.25) is 0 Å². The maximum atomic E-state index is 12.7. The van der Waals surface area contributed by atoms with Gasteiger partial charge in [0.05, 0.1) is 6.04 Å². The van der Waals surface area contributed by atoms with Crippen LogP contribution in [0.1, 0.15) is 46.0 Å². The number of aliphatic carboxylic acids is 2. The molecule has 2 aliphatic rings. The largest absolute Gasteiger partial charge is 0.480 e. The number of carbonyl (C=O) groups is 3. The van der Waals surface area contributed by atoms with Gasteiger partial charge >= 0.3 is 11.9 Å². The van der Waals surface area contributed by atoms with E-state index in [1.807, 2.05) is 0 Å². The molecule has 7 nitrogen and oxygen atoms in total. The molecule has 4 unspecified atom stereocenters. The number of carbonyl (C=O) groups excluding carboxylic acids is 1. The minimum Gasteiger partial charge on any atom is -0.480 e. The normalized spacial score (nSPS) is 30.5. The molecule has 1 heterocycles. The Hall–Kier alpha value is -1.63. The van der Waals surface area contributed by atoms with Gasteiger partial charge in [-0.15, -0.1) is 0 Å². The highest BCUT2D eigenvalue weighted by atomic mass is 16.4. The molecule has 22 heavy (non-hydrogen) atoms. The van der Waals surface area contributed by atoms with Crippen LogP contribution in [0.4, 0.5) is 0 Å². The number of likely N-dealkylation sites (tertiary alicyclic amines) is 1. The van der Waals surface area contributed by atoms with E-state index >= 15 is 0 Å². The Balaban J connectivity index is 2.13. The summed E-state index contributed by atoms with van der Waals surface area (Å²) in [5.74, 6) is -2.06. The van der Waals surface area contributed by atoms with Crippen molar-refractivity contribution in [1.82, 2.24) is 10.2 Å². The molecule has 0 aromatic carbocycles. The van der Waals surface area contributed by atoms with E-state index < -0.39 is 30.1 Å². The van der Waals surface area contributed by atoms with Crippen molar-refractivity contribution in [2.24, 2.45) is 5.92 Å². The van der Waals surface area contributed by atoms with Crippen LogP contribution in [0, 0.1) is 5.92 Å². The zero-order valence-electron chi connectivity index (χ0n) is 13.0. The first-order valence-electron chi connectivity index (χ1n) is 7.86. The Labute approximate surface area is 129 Å². The van der Waals surface area contributed by atoms with Gasteiger partial charge in [0, 0.05) is 6.04 Å². The average molecular weight is 312 g/mol. The second-order valence-corrected chi connectivity index (χ2v) is 6.40. The van der Waals surface area contributed by atoms with Crippen molar-refractivity contribution in [2.75, 3.05) is 0 Å². The molecule has 5 atom stereocenters. The molecule has 0 spiro atoms. The number of nitrogens with zero attached hydrogens (tertiary/aromatic N) is 1. The maximum absolute atomic E-state index is 12.7. The molecule has 2 fully saturated rings. The zero-order valence-corrected chi connectivity index (χ0v) is 13.0. The van der Waals surface area contributed by atoms with Crippen molar-refractivity contribution < 1.29 is 24.6 Å². The summed E-state index contributed by atoms with van der Waals surface area (Å²) in [5.41, 5.74) is 0. The summed E-state index contributed by atoms with van der Waals surface area (Å²) in [6, 6.07) is -2.38. The molecule has 3 N–H and O–H groups in total. The van der Waals surface area contributed by atoms with Crippen LogP contribution in [0.5, 0.6) is 0 Å². The molecule has 1 saturated heterocycles. The van der Waals surface area contributed by atoms with Crippen LogP contribution in [0.3, 0.4) is 0 Å². The topological polar surface area (TPSA) is 107 Å². The van der Waals surface area contributed by atoms with Crippen molar-refractivity contribution >= 4 is 17.8 Å². The van der Waals surface area contributed by atoms with E-state index in [-0.39, 0.29) is 17.9 Å². The summed E-state index contributed by atoms with van der Waals surface area (Å²) in [7, 11) is 0. The van der Waals surface area contributed by atoms with Gasteiger partial charge in [-0.3, -0.25) is 14.9 Å². The number of carboxylic acid groups (broad SMARTS) is 2. The molecular formula is C15H24N2O5. The fraction of sp³-hybridized carbons (Fsp3) is 0.800. The van der Waals surface area contributed by atoms with Crippen LogP contribution in [-0.4, -0.2) is 57.1 Å². The molecule has 0 bridgehead atoms. The van der Waals surface area contributed by atoms with Crippen molar-refractivity contribution in [2.45, 2.75) is 70.1 Å². The second kappa shape index (κ2) is 6.64. The highest BCUT2D eigenvalue weighted by Crippen LogP contribution is 2.40. The predicted octanol–water partition coefficient (Wildman–Crippen LogP) is 0.682. The number of amides is 1. The lowest BCUT2D eigenvalue weighted by Gasteiger charge is -2.35. The molecule has 0 aromatic heterocycles. The molecule has 2 rings (SSSR count). The monoisotopic (exact) mass is 312 g/mol. The number of hydrogen-bond acceptors (Lipinski definition) is 4. The third-order valence-electron chi connectivity index (χ3n) is 4.87. The highest BCUT2D eigenvalue weighted by molar-refractivity contribution is 5.88. The van der Waals surface area contributed by atoms with Gasteiger partial charge in [-0.2, -0.15) is 0 Å². The maximum Gasteiger partial charge on any atom is 0.326 e. The van der Waals surface area contributed by atoms with E-state index in [2.05, 4.69) is 5.32 Å². The summed E-state index contributed by atoms with van der Waals surface area (Å²) in [6.07, 6.45) is 4.39. The molecule has 0 radical (unpaired) electrons. The van der Waals surface area contributed by atoms with Crippen LogP contribution < -0.4 is 5.32 Å². The fourth-order valence-electron chi connectivity index (χ4n) is 3.74. The lowest BCUT2D eigenvalue weighted by Crippen LogP contribution is -2.55. The Bertz CT molecular complexity index is 467. The van der Waals surface area contributed by atoms with Crippen LogP contribution in [-0.2, 0) is 14.4 Å². The Kier molecular flexibility index (Phi) is 5.05. The van der Waals surface area contributed by atoms with Gasteiger partial charge in [-0.05, 0) is 39.0 Å². The van der Waals surface area contributed by atoms with Gasteiger partial charge in [0.1, 0.15) is 12.1 Å². The third kappa shape index (κ3) is 3.24. The lowest BCUT2D eigenvalue weighted by molar-refractivity contribution is -0.151. The summed E-state index contributed by atoms with van der Waals surface area (Å²) in [4.78, 5) is 36.6. The SMILES string of the molecule is CC(N[C@@H](C)C(=O)O)C(=O)N1C(C(=O)O)CC2CCCCC21. The highest BCUT2D eigenvalue weighted by Gasteiger charge is 2.48. The van der Waals surface area contributed by atoms with E-state index in [9.17, 15) is 19.5 Å². The first-order chi connectivity index (χ1) is 10.3. The number of rotatable bonds is 5. The van der Waals surface area contributed by atoms with E-state index in [4.69, 9.17) is 5.11 Å². The molecule has 7 heteroatoms. The van der Waals surface area contributed by atoms with Gasteiger partial charge in [-0.1, -0.05) is 12.8 Å². The molecule has 0 aromatic rings. The summed E-state index contributed by atoms with van der Waals surface area (Å²) in [5, 5.41) is 21.1. The van der Waals surface area contributed by atoms with Crippen molar-refractivity contribution in [1.29, 1.82) is 0 Å². The van der Waals surface area contributed by atoms with Gasteiger partial charge in [-0.25, -0.2) is 4.79 Å².